The van der Waals surface area contributed by atoms with E-state index in [2.05, 4.69) is 0 Å². The number of ether oxygens (including phenoxy) is 1. The molecule has 0 radical (unpaired) electrons. The van der Waals surface area contributed by atoms with Gasteiger partial charge in [0.15, 0.2) is 0 Å². The molecular weight excluding hydrogens is 328 g/mol. The molecule has 0 aliphatic rings. The standard InChI is InChI=1S/C14H7Cl2F3O2/c15-11-6-5-10(7-12(11)16)21-13(20)8-1-3-9(4-2-8)14(17,18)19/h1-7H. The number of alkyl halides is 3. The van der Waals surface area contributed by atoms with Crippen molar-refractivity contribution in [3.05, 3.63) is 63.6 Å². The summed E-state index contributed by atoms with van der Waals surface area (Å²) in [7, 11) is 0. The summed E-state index contributed by atoms with van der Waals surface area (Å²) < 4.78 is 42.2. The Morgan fingerprint density at radius 1 is 0.952 bits per heavy atom. The Kier molecular flexibility index (Phi) is 4.44. The Labute approximate surface area is 128 Å². The minimum Gasteiger partial charge on any atom is -0.423 e. The number of hydrogen-bond acceptors (Lipinski definition) is 2. The first-order valence-corrected chi connectivity index (χ1v) is 6.37. The molecule has 2 rings (SSSR count). The van der Waals surface area contributed by atoms with Crippen molar-refractivity contribution in [2.75, 3.05) is 0 Å². The normalized spacial score (nSPS) is 11.3. The van der Waals surface area contributed by atoms with Gasteiger partial charge in [-0.1, -0.05) is 23.2 Å². The topological polar surface area (TPSA) is 26.3 Å². The van der Waals surface area contributed by atoms with E-state index in [-0.39, 0.29) is 16.3 Å². The van der Waals surface area contributed by atoms with Crippen LogP contribution in [0.1, 0.15) is 15.9 Å². The SMILES string of the molecule is O=C(Oc1ccc(Cl)c(Cl)c1)c1ccc(C(F)(F)F)cc1. The lowest BCUT2D eigenvalue weighted by Crippen LogP contribution is -2.10. The summed E-state index contributed by atoms with van der Waals surface area (Å²) in [6.45, 7) is 0. The number of carbonyl (C=O) groups excluding carboxylic acids is 1. The first-order valence-electron chi connectivity index (χ1n) is 5.62. The van der Waals surface area contributed by atoms with Crippen LogP contribution in [0.2, 0.25) is 10.0 Å². The van der Waals surface area contributed by atoms with Gasteiger partial charge in [-0.25, -0.2) is 4.79 Å². The van der Waals surface area contributed by atoms with E-state index in [1.54, 1.807) is 0 Å². The lowest BCUT2D eigenvalue weighted by molar-refractivity contribution is -0.137. The maximum atomic E-state index is 12.4. The second kappa shape index (κ2) is 5.95. The van der Waals surface area contributed by atoms with Gasteiger partial charge < -0.3 is 4.74 Å². The highest BCUT2D eigenvalue weighted by Gasteiger charge is 2.30. The summed E-state index contributed by atoms with van der Waals surface area (Å²) in [5.41, 5.74) is -0.845. The van der Waals surface area contributed by atoms with E-state index >= 15 is 0 Å². The van der Waals surface area contributed by atoms with Crippen molar-refractivity contribution in [1.82, 2.24) is 0 Å². The van der Waals surface area contributed by atoms with Gasteiger partial charge in [0.25, 0.3) is 0 Å². The van der Waals surface area contributed by atoms with Crippen LogP contribution in [0.4, 0.5) is 13.2 Å². The van der Waals surface area contributed by atoms with Crippen molar-refractivity contribution in [3.8, 4) is 5.75 Å². The van der Waals surface area contributed by atoms with Crippen LogP contribution < -0.4 is 4.74 Å². The molecule has 21 heavy (non-hydrogen) atoms. The maximum absolute atomic E-state index is 12.4. The molecule has 0 atom stereocenters. The minimum absolute atomic E-state index is 0.00549. The van der Waals surface area contributed by atoms with Crippen LogP contribution in [0.15, 0.2) is 42.5 Å². The third-order valence-corrected chi connectivity index (χ3v) is 3.29. The summed E-state index contributed by atoms with van der Waals surface area (Å²) in [5, 5.41) is 0.500. The lowest BCUT2D eigenvalue weighted by Gasteiger charge is -2.08. The Morgan fingerprint density at radius 2 is 1.57 bits per heavy atom. The number of carbonyl (C=O) groups is 1. The van der Waals surface area contributed by atoms with E-state index in [1.165, 1.54) is 18.2 Å². The smallest absolute Gasteiger partial charge is 0.416 e. The fourth-order valence-corrected chi connectivity index (χ4v) is 1.79. The van der Waals surface area contributed by atoms with Crippen molar-refractivity contribution in [2.24, 2.45) is 0 Å². The Hall–Kier alpha value is -1.72. The molecule has 0 fully saturated rings. The van der Waals surface area contributed by atoms with Crippen molar-refractivity contribution < 1.29 is 22.7 Å². The molecule has 110 valence electrons. The van der Waals surface area contributed by atoms with Crippen LogP contribution in [0.5, 0.6) is 5.75 Å². The number of benzene rings is 2. The second-order valence-corrected chi connectivity index (χ2v) is 4.85. The molecule has 0 bridgehead atoms. The van der Waals surface area contributed by atoms with Gasteiger partial charge in [0.2, 0.25) is 0 Å². The van der Waals surface area contributed by atoms with Crippen LogP contribution >= 0.6 is 23.2 Å². The molecule has 2 aromatic carbocycles. The number of rotatable bonds is 2. The van der Waals surface area contributed by atoms with E-state index in [1.807, 2.05) is 0 Å². The zero-order valence-electron chi connectivity index (χ0n) is 10.2. The van der Waals surface area contributed by atoms with Crippen molar-refractivity contribution in [1.29, 1.82) is 0 Å². The monoisotopic (exact) mass is 334 g/mol. The van der Waals surface area contributed by atoms with Gasteiger partial charge in [-0.15, -0.1) is 0 Å². The molecule has 0 saturated heterocycles. The summed E-state index contributed by atoms with van der Waals surface area (Å²) in [6, 6.07) is 7.92. The quantitative estimate of drug-likeness (QED) is 0.555. The molecule has 0 aliphatic heterocycles. The fraction of sp³-hybridized carbons (Fsp3) is 0.0714. The van der Waals surface area contributed by atoms with E-state index < -0.39 is 17.7 Å². The average molecular weight is 335 g/mol. The van der Waals surface area contributed by atoms with Crippen molar-refractivity contribution in [2.45, 2.75) is 6.18 Å². The number of halogens is 5. The first kappa shape index (κ1) is 15.7. The zero-order chi connectivity index (χ0) is 15.6. The van der Waals surface area contributed by atoms with Gasteiger partial charge >= 0.3 is 12.1 Å². The molecule has 2 aromatic rings. The highest BCUT2D eigenvalue weighted by Crippen LogP contribution is 2.30. The van der Waals surface area contributed by atoms with Gasteiger partial charge in [0, 0.05) is 6.07 Å². The Morgan fingerprint density at radius 3 is 2.10 bits per heavy atom. The van der Waals surface area contributed by atoms with Gasteiger partial charge in [0.1, 0.15) is 5.75 Å². The molecule has 2 nitrogen and oxygen atoms in total. The predicted molar refractivity (Wildman–Crippen MR) is 72.9 cm³/mol. The summed E-state index contributed by atoms with van der Waals surface area (Å²) in [5.74, 6) is -0.642. The summed E-state index contributed by atoms with van der Waals surface area (Å²) in [6.07, 6.45) is -4.45. The Bertz CT molecular complexity index is 667. The van der Waals surface area contributed by atoms with Gasteiger partial charge in [-0.3, -0.25) is 0 Å². The predicted octanol–water partition coefficient (Wildman–Crippen LogP) is 5.23. The Balaban J connectivity index is 2.15. The van der Waals surface area contributed by atoms with Crippen LogP contribution in [0, 0.1) is 0 Å². The van der Waals surface area contributed by atoms with Crippen LogP contribution in [0.25, 0.3) is 0 Å². The van der Waals surface area contributed by atoms with E-state index in [9.17, 15) is 18.0 Å². The van der Waals surface area contributed by atoms with Gasteiger partial charge in [-0.2, -0.15) is 13.2 Å². The molecule has 0 spiro atoms. The van der Waals surface area contributed by atoms with Crippen LogP contribution in [0.3, 0.4) is 0 Å². The number of hydrogen-bond donors (Lipinski definition) is 0. The third kappa shape index (κ3) is 3.89. The molecule has 0 saturated carbocycles. The van der Waals surface area contributed by atoms with Gasteiger partial charge in [-0.05, 0) is 36.4 Å². The fourth-order valence-electron chi connectivity index (χ4n) is 1.50. The van der Waals surface area contributed by atoms with Crippen molar-refractivity contribution >= 4 is 29.2 Å². The lowest BCUT2D eigenvalue weighted by atomic mass is 10.1. The van der Waals surface area contributed by atoms with Crippen LogP contribution in [-0.4, -0.2) is 5.97 Å². The van der Waals surface area contributed by atoms with Crippen LogP contribution in [-0.2, 0) is 6.18 Å². The molecule has 0 heterocycles. The zero-order valence-corrected chi connectivity index (χ0v) is 11.8. The summed E-state index contributed by atoms with van der Waals surface area (Å²) in [4.78, 5) is 11.8. The minimum atomic E-state index is -4.45. The number of esters is 1. The third-order valence-electron chi connectivity index (χ3n) is 2.55. The van der Waals surface area contributed by atoms with E-state index in [4.69, 9.17) is 27.9 Å². The first-order chi connectivity index (χ1) is 9.77. The molecule has 0 aliphatic carbocycles. The average Bonchev–Trinajstić information content (AvgIpc) is 2.42. The maximum Gasteiger partial charge on any atom is 0.416 e. The van der Waals surface area contributed by atoms with E-state index in [0.717, 1.165) is 24.3 Å². The molecule has 0 N–H and O–H groups in total. The highest BCUT2D eigenvalue weighted by atomic mass is 35.5. The second-order valence-electron chi connectivity index (χ2n) is 4.04. The molecule has 0 amide bonds. The molecule has 0 unspecified atom stereocenters. The molecule has 0 aromatic heterocycles. The van der Waals surface area contributed by atoms with E-state index in [0.29, 0.717) is 5.02 Å². The largest absolute Gasteiger partial charge is 0.423 e. The van der Waals surface area contributed by atoms with Gasteiger partial charge in [0.05, 0.1) is 21.2 Å². The molecular formula is C14H7Cl2F3O2. The van der Waals surface area contributed by atoms with Crippen molar-refractivity contribution in [3.63, 3.8) is 0 Å². The highest BCUT2D eigenvalue weighted by molar-refractivity contribution is 6.42. The molecule has 7 heteroatoms. The summed E-state index contributed by atoms with van der Waals surface area (Å²) >= 11 is 11.5.